The Morgan fingerprint density at radius 1 is 0.969 bits per heavy atom. The molecule has 1 N–H and O–H groups in total. The number of thiophene rings is 1. The Bertz CT molecular complexity index is 1330. The summed E-state index contributed by atoms with van der Waals surface area (Å²) in [5.74, 6) is -0.185. The fraction of sp³-hybridized carbons (Fsp3) is 0.154. The molecular weight excluding hydrogens is 418 g/mol. The van der Waals surface area contributed by atoms with Crippen LogP contribution in [0, 0.1) is 13.8 Å². The summed E-state index contributed by atoms with van der Waals surface area (Å²) < 4.78 is 2.18. The molecule has 1 aliphatic rings. The molecule has 0 fully saturated rings. The standard InChI is InChI=1S/C26H23N3O2S/c1-17-14-19(9-10-23(17)27-25(30)22-11-13-32-18(22)2)26(31)29-16-21-7-5-12-28(21)15-20-6-3-4-8-24(20)29/h3-14H,15-16H2,1-2H3,(H,27,30). The average Bonchev–Trinajstić information content (AvgIpc) is 3.38. The first-order valence-corrected chi connectivity index (χ1v) is 11.4. The van der Waals surface area contributed by atoms with Crippen molar-refractivity contribution in [3.63, 3.8) is 0 Å². The number of nitrogens with one attached hydrogen (secondary N) is 1. The molecule has 0 spiro atoms. The van der Waals surface area contributed by atoms with Crippen molar-refractivity contribution in [3.8, 4) is 0 Å². The van der Waals surface area contributed by atoms with E-state index in [0.717, 1.165) is 33.9 Å². The summed E-state index contributed by atoms with van der Waals surface area (Å²) in [5, 5.41) is 4.88. The highest BCUT2D eigenvalue weighted by Crippen LogP contribution is 2.30. The molecule has 0 saturated carbocycles. The van der Waals surface area contributed by atoms with E-state index in [1.807, 2.05) is 66.6 Å². The monoisotopic (exact) mass is 441 g/mol. The minimum atomic E-state index is -0.131. The lowest BCUT2D eigenvalue weighted by Crippen LogP contribution is -2.30. The van der Waals surface area contributed by atoms with E-state index < -0.39 is 0 Å². The van der Waals surface area contributed by atoms with Crippen LogP contribution in [-0.4, -0.2) is 16.4 Å². The van der Waals surface area contributed by atoms with E-state index in [0.29, 0.717) is 23.4 Å². The highest BCUT2D eigenvalue weighted by Gasteiger charge is 2.25. The summed E-state index contributed by atoms with van der Waals surface area (Å²) in [6, 6.07) is 19.4. The SMILES string of the molecule is Cc1cc(C(=O)N2Cc3cccn3Cc3ccccc32)ccc1NC(=O)c1ccsc1C. The van der Waals surface area contributed by atoms with Gasteiger partial charge in [-0.15, -0.1) is 11.3 Å². The Balaban J connectivity index is 1.44. The number of anilines is 2. The number of aromatic nitrogens is 1. The normalized spacial score (nSPS) is 12.6. The zero-order valence-electron chi connectivity index (χ0n) is 18.0. The smallest absolute Gasteiger partial charge is 0.258 e. The number of para-hydroxylation sites is 1. The Hall–Kier alpha value is -3.64. The Kier molecular flexibility index (Phi) is 5.15. The summed E-state index contributed by atoms with van der Waals surface area (Å²) in [5.41, 5.74) is 5.99. The molecule has 2 amide bonds. The van der Waals surface area contributed by atoms with Crippen LogP contribution in [0.3, 0.4) is 0 Å². The van der Waals surface area contributed by atoms with Crippen molar-refractivity contribution in [1.82, 2.24) is 4.57 Å². The molecule has 5 nitrogen and oxygen atoms in total. The fourth-order valence-corrected chi connectivity index (χ4v) is 4.87. The van der Waals surface area contributed by atoms with Crippen LogP contribution in [0.4, 0.5) is 11.4 Å². The molecule has 1 aliphatic heterocycles. The molecule has 6 heteroatoms. The average molecular weight is 442 g/mol. The van der Waals surface area contributed by atoms with E-state index in [1.165, 1.54) is 0 Å². The number of rotatable bonds is 3. The van der Waals surface area contributed by atoms with Crippen LogP contribution in [-0.2, 0) is 13.1 Å². The van der Waals surface area contributed by atoms with Crippen LogP contribution in [0.15, 0.2) is 72.2 Å². The van der Waals surface area contributed by atoms with Crippen LogP contribution in [0.5, 0.6) is 0 Å². The Morgan fingerprint density at radius 3 is 2.59 bits per heavy atom. The number of hydrogen-bond acceptors (Lipinski definition) is 3. The second-order valence-corrected chi connectivity index (χ2v) is 9.14. The molecular formula is C26H23N3O2S. The molecule has 0 unspecified atom stereocenters. The van der Waals surface area contributed by atoms with Crippen molar-refractivity contribution in [2.24, 2.45) is 0 Å². The second kappa shape index (κ2) is 8.13. The summed E-state index contributed by atoms with van der Waals surface area (Å²) in [6.45, 7) is 5.10. The highest BCUT2D eigenvalue weighted by atomic mass is 32.1. The van der Waals surface area contributed by atoms with Crippen LogP contribution in [0.25, 0.3) is 0 Å². The van der Waals surface area contributed by atoms with Gasteiger partial charge in [-0.25, -0.2) is 0 Å². The van der Waals surface area contributed by atoms with Gasteiger partial charge in [-0.05, 0) is 72.8 Å². The van der Waals surface area contributed by atoms with Crippen LogP contribution in [0.1, 0.15) is 42.4 Å². The summed E-state index contributed by atoms with van der Waals surface area (Å²) >= 11 is 1.55. The molecule has 0 radical (unpaired) electrons. The Morgan fingerprint density at radius 2 is 1.81 bits per heavy atom. The number of nitrogens with zero attached hydrogens (tertiary/aromatic N) is 2. The maximum absolute atomic E-state index is 13.6. The molecule has 0 aliphatic carbocycles. The molecule has 32 heavy (non-hydrogen) atoms. The molecule has 0 atom stereocenters. The van der Waals surface area contributed by atoms with Gasteiger partial charge in [-0.3, -0.25) is 9.59 Å². The largest absolute Gasteiger partial charge is 0.345 e. The number of benzene rings is 2. The van der Waals surface area contributed by atoms with E-state index in [-0.39, 0.29) is 11.8 Å². The van der Waals surface area contributed by atoms with E-state index >= 15 is 0 Å². The van der Waals surface area contributed by atoms with Crippen LogP contribution >= 0.6 is 11.3 Å². The molecule has 2 aromatic heterocycles. The third-order valence-corrected chi connectivity index (χ3v) is 6.78. The molecule has 5 rings (SSSR count). The molecule has 4 aromatic rings. The Labute approximate surface area is 190 Å². The zero-order valence-corrected chi connectivity index (χ0v) is 18.8. The predicted octanol–water partition coefficient (Wildman–Crippen LogP) is 5.63. The first-order chi connectivity index (χ1) is 15.5. The van der Waals surface area contributed by atoms with Crippen molar-refractivity contribution < 1.29 is 9.59 Å². The van der Waals surface area contributed by atoms with Gasteiger partial charge in [-0.1, -0.05) is 18.2 Å². The third kappa shape index (κ3) is 3.63. The van der Waals surface area contributed by atoms with Crippen molar-refractivity contribution >= 4 is 34.5 Å². The predicted molar refractivity (Wildman–Crippen MR) is 129 cm³/mol. The van der Waals surface area contributed by atoms with Crippen molar-refractivity contribution in [1.29, 1.82) is 0 Å². The molecule has 3 heterocycles. The molecule has 160 valence electrons. The number of amides is 2. The van der Waals surface area contributed by atoms with Gasteiger partial charge in [0.2, 0.25) is 0 Å². The molecule has 0 saturated heterocycles. The van der Waals surface area contributed by atoms with E-state index in [1.54, 1.807) is 17.4 Å². The molecule has 0 bridgehead atoms. The van der Waals surface area contributed by atoms with Gasteiger partial charge in [-0.2, -0.15) is 0 Å². The van der Waals surface area contributed by atoms with Crippen molar-refractivity contribution in [3.05, 3.63) is 105 Å². The lowest BCUT2D eigenvalue weighted by atomic mass is 10.1. The van der Waals surface area contributed by atoms with E-state index in [2.05, 4.69) is 28.2 Å². The van der Waals surface area contributed by atoms with Crippen LogP contribution in [0.2, 0.25) is 0 Å². The summed E-state index contributed by atoms with van der Waals surface area (Å²) in [6.07, 6.45) is 2.05. The minimum absolute atomic E-state index is 0.0539. The van der Waals surface area contributed by atoms with Crippen molar-refractivity contribution in [2.45, 2.75) is 26.9 Å². The van der Waals surface area contributed by atoms with Gasteiger partial charge in [0, 0.05) is 40.3 Å². The van der Waals surface area contributed by atoms with Gasteiger partial charge < -0.3 is 14.8 Å². The summed E-state index contributed by atoms with van der Waals surface area (Å²) in [4.78, 5) is 29.0. The zero-order chi connectivity index (χ0) is 22.2. The second-order valence-electron chi connectivity index (χ2n) is 8.02. The fourth-order valence-electron chi connectivity index (χ4n) is 4.17. The lowest BCUT2D eigenvalue weighted by molar-refractivity contribution is 0.0983. The number of aryl methyl sites for hydroxylation is 2. The van der Waals surface area contributed by atoms with Crippen LogP contribution < -0.4 is 10.2 Å². The third-order valence-electron chi connectivity index (χ3n) is 5.94. The first-order valence-electron chi connectivity index (χ1n) is 10.5. The number of carbonyl (C=O) groups is 2. The quantitative estimate of drug-likeness (QED) is 0.448. The number of hydrogen-bond donors (Lipinski definition) is 1. The maximum Gasteiger partial charge on any atom is 0.258 e. The van der Waals surface area contributed by atoms with Gasteiger partial charge in [0.1, 0.15) is 0 Å². The highest BCUT2D eigenvalue weighted by molar-refractivity contribution is 7.10. The lowest BCUT2D eigenvalue weighted by Gasteiger charge is -2.23. The van der Waals surface area contributed by atoms with E-state index in [4.69, 9.17) is 0 Å². The number of fused-ring (bicyclic) bond motifs is 2. The summed E-state index contributed by atoms with van der Waals surface area (Å²) in [7, 11) is 0. The minimum Gasteiger partial charge on any atom is -0.345 e. The topological polar surface area (TPSA) is 54.3 Å². The number of carbonyl (C=O) groups excluding carboxylic acids is 2. The van der Waals surface area contributed by atoms with Gasteiger partial charge in [0.15, 0.2) is 0 Å². The molecule has 2 aromatic carbocycles. The van der Waals surface area contributed by atoms with Gasteiger partial charge in [0.05, 0.1) is 12.1 Å². The van der Waals surface area contributed by atoms with Crippen molar-refractivity contribution in [2.75, 3.05) is 10.2 Å². The van der Waals surface area contributed by atoms with E-state index in [9.17, 15) is 9.59 Å². The maximum atomic E-state index is 13.6. The van der Waals surface area contributed by atoms with Gasteiger partial charge >= 0.3 is 0 Å². The first kappa shape index (κ1) is 20.3. The van der Waals surface area contributed by atoms with Gasteiger partial charge in [0.25, 0.3) is 11.8 Å².